The Kier molecular flexibility index (Phi) is 8.64. The Hall–Kier alpha value is -2.39. The van der Waals surface area contributed by atoms with Gasteiger partial charge in [0, 0.05) is 24.8 Å². The summed E-state index contributed by atoms with van der Waals surface area (Å²) in [6, 6.07) is 5.63. The number of rotatable bonds is 5. The van der Waals surface area contributed by atoms with Crippen LogP contribution in [0.25, 0.3) is 11.1 Å². The van der Waals surface area contributed by atoms with Crippen molar-refractivity contribution in [3.8, 4) is 11.1 Å². The summed E-state index contributed by atoms with van der Waals surface area (Å²) in [5.74, 6) is -0.481. The van der Waals surface area contributed by atoms with Crippen molar-refractivity contribution in [1.29, 1.82) is 0 Å². The summed E-state index contributed by atoms with van der Waals surface area (Å²) in [5.41, 5.74) is 4.65. The zero-order chi connectivity index (χ0) is 23.2. The van der Waals surface area contributed by atoms with Gasteiger partial charge in [-0.2, -0.15) is 17.6 Å². The molecule has 1 aliphatic carbocycles. The molecule has 5 nitrogen and oxygen atoms in total. The van der Waals surface area contributed by atoms with E-state index in [2.05, 4.69) is 15.9 Å². The van der Waals surface area contributed by atoms with Crippen LogP contribution in [0.3, 0.4) is 0 Å². The first-order chi connectivity index (χ1) is 14.9. The van der Waals surface area contributed by atoms with Gasteiger partial charge in [0.05, 0.1) is 29.2 Å². The topological polar surface area (TPSA) is 49.4 Å². The van der Waals surface area contributed by atoms with Crippen molar-refractivity contribution in [3.05, 3.63) is 41.5 Å². The number of hydrogen-bond donors (Lipinski definition) is 2. The largest absolute Gasteiger partial charge is 0.419 e. The third-order valence-electron chi connectivity index (χ3n) is 4.70. The predicted molar refractivity (Wildman–Crippen MR) is 115 cm³/mol. The van der Waals surface area contributed by atoms with Crippen LogP contribution in [0.4, 0.5) is 28.9 Å². The van der Waals surface area contributed by atoms with Gasteiger partial charge in [-0.25, -0.2) is 4.98 Å². The average molecular weight is 443 g/mol. The van der Waals surface area contributed by atoms with Gasteiger partial charge in [0.1, 0.15) is 0 Å². The molecule has 31 heavy (non-hydrogen) atoms. The molecule has 9 heteroatoms. The molecule has 0 spiro atoms. The van der Waals surface area contributed by atoms with E-state index >= 15 is 0 Å². The Morgan fingerprint density at radius 3 is 2.26 bits per heavy atom. The predicted octanol–water partition coefficient (Wildman–Crippen LogP) is 6.17. The van der Waals surface area contributed by atoms with Crippen LogP contribution >= 0.6 is 0 Å². The van der Waals surface area contributed by atoms with Crippen LogP contribution in [-0.4, -0.2) is 18.6 Å². The van der Waals surface area contributed by atoms with E-state index in [4.69, 9.17) is 4.74 Å². The lowest BCUT2D eigenvalue weighted by molar-refractivity contribution is -0.136. The van der Waals surface area contributed by atoms with Gasteiger partial charge >= 0.3 is 6.18 Å². The number of nitrogens with one attached hydrogen (secondary N) is 2. The molecule has 1 fully saturated rings. The van der Waals surface area contributed by atoms with Crippen LogP contribution in [0.2, 0.25) is 0 Å². The Balaban J connectivity index is 0.000000807. The highest BCUT2D eigenvalue weighted by molar-refractivity contribution is 5.85. The minimum Gasteiger partial charge on any atom is -0.378 e. The van der Waals surface area contributed by atoms with E-state index in [1.54, 1.807) is 11.1 Å². The highest BCUT2D eigenvalue weighted by atomic mass is 19.4. The monoisotopic (exact) mass is 442 g/mol. The van der Waals surface area contributed by atoms with Crippen molar-refractivity contribution in [1.82, 2.24) is 10.5 Å². The molecule has 1 aliphatic heterocycles. The van der Waals surface area contributed by atoms with Crippen molar-refractivity contribution in [2.24, 2.45) is 5.92 Å². The average Bonchev–Trinajstić information content (AvgIpc) is 3.48. The van der Waals surface area contributed by atoms with Crippen molar-refractivity contribution >= 4 is 11.4 Å². The van der Waals surface area contributed by atoms with E-state index in [1.807, 2.05) is 27.7 Å². The molecule has 0 bridgehead atoms. The molecule has 0 saturated heterocycles. The van der Waals surface area contributed by atoms with Crippen LogP contribution in [0.1, 0.15) is 51.8 Å². The molecule has 0 atom stereocenters. The third kappa shape index (κ3) is 5.65. The van der Waals surface area contributed by atoms with E-state index in [0.717, 1.165) is 12.8 Å². The molecule has 172 valence electrons. The maximum Gasteiger partial charge on any atom is 0.419 e. The second kappa shape index (κ2) is 10.8. The number of benzene rings is 1. The van der Waals surface area contributed by atoms with Crippen LogP contribution in [0.5, 0.6) is 0 Å². The molecular formula is C22H30F4N4O. The van der Waals surface area contributed by atoms with Gasteiger partial charge in [0.25, 0.3) is 0 Å². The van der Waals surface area contributed by atoms with E-state index in [1.165, 1.54) is 25.3 Å². The number of halogens is 4. The molecule has 2 aromatic rings. The molecule has 2 heterocycles. The molecule has 0 amide bonds. The number of hydrazine groups is 2. The lowest BCUT2D eigenvalue weighted by Gasteiger charge is -2.19. The Labute approximate surface area is 180 Å². The highest BCUT2D eigenvalue weighted by Crippen LogP contribution is 2.48. The zero-order valence-electron chi connectivity index (χ0n) is 18.5. The summed E-state index contributed by atoms with van der Waals surface area (Å²) in [6.07, 6.45) is -2.52. The number of hydrogen-bond acceptors (Lipinski definition) is 5. The van der Waals surface area contributed by atoms with Gasteiger partial charge < -0.3 is 10.2 Å². The summed E-state index contributed by atoms with van der Waals surface area (Å²) < 4.78 is 61.0. The number of ether oxygens (including phenoxy) is 1. The molecule has 2 N–H and O–H groups in total. The number of nitrogens with zero attached hydrogens (tertiary/aromatic N) is 2. The number of pyridine rings is 1. The van der Waals surface area contributed by atoms with Crippen LogP contribution in [-0.2, 0) is 17.5 Å². The third-order valence-corrected chi connectivity index (χ3v) is 4.70. The molecule has 1 aromatic heterocycles. The van der Waals surface area contributed by atoms with Gasteiger partial charge in [-0.05, 0) is 37.0 Å². The fourth-order valence-corrected chi connectivity index (χ4v) is 3.25. The minimum absolute atomic E-state index is 0.0785. The lowest BCUT2D eigenvalue weighted by Crippen LogP contribution is -2.37. The molecule has 2 aliphatic rings. The van der Waals surface area contributed by atoms with Crippen molar-refractivity contribution in [2.45, 2.75) is 53.3 Å². The smallest absolute Gasteiger partial charge is 0.378 e. The second-order valence-electron chi connectivity index (χ2n) is 6.74. The van der Waals surface area contributed by atoms with Crippen molar-refractivity contribution in [3.63, 3.8) is 0 Å². The summed E-state index contributed by atoms with van der Waals surface area (Å²) >= 11 is 0. The number of alkyl halides is 3. The summed E-state index contributed by atoms with van der Waals surface area (Å²) in [5, 5.41) is 1.67. The fourth-order valence-electron chi connectivity index (χ4n) is 3.25. The van der Waals surface area contributed by atoms with E-state index < -0.39 is 17.7 Å². The van der Waals surface area contributed by atoms with Gasteiger partial charge in [-0.3, -0.25) is 5.01 Å². The normalized spacial score (nSPS) is 14.7. The standard InChI is InChI=1S/C18H18F4N4O.2C2H6/c1-27-9-11-4-5-13(17(19)23-11)12-6-7-14-16(15(12)18(20,21)22)24-25-26(14)8-10-2-3-10;2*1-2/h4-7,10,24-25H,2-3,8-9H2,1H3;2*1-2H3. The Bertz CT molecular complexity index is 869. The fraction of sp³-hybridized carbons (Fsp3) is 0.500. The van der Waals surface area contributed by atoms with Crippen molar-refractivity contribution < 1.29 is 22.3 Å². The summed E-state index contributed by atoms with van der Waals surface area (Å²) in [6.45, 7) is 8.70. The SMILES string of the molecule is CC.CC.COCc1ccc(-c2ccc3c(c2C(F)(F)F)NNN3CC2CC2)c(F)n1. The number of methoxy groups -OCH3 is 1. The molecule has 0 unspecified atom stereocenters. The Morgan fingerprint density at radius 2 is 1.71 bits per heavy atom. The van der Waals surface area contributed by atoms with Crippen LogP contribution in [0.15, 0.2) is 24.3 Å². The van der Waals surface area contributed by atoms with E-state index in [0.29, 0.717) is 23.8 Å². The first kappa shape index (κ1) is 24.9. The second-order valence-corrected chi connectivity index (χ2v) is 6.74. The van der Waals surface area contributed by atoms with Crippen molar-refractivity contribution in [2.75, 3.05) is 24.1 Å². The van der Waals surface area contributed by atoms with Gasteiger partial charge in [-0.15, -0.1) is 5.53 Å². The van der Waals surface area contributed by atoms with Gasteiger partial charge in [-0.1, -0.05) is 33.8 Å². The molecule has 1 saturated carbocycles. The van der Waals surface area contributed by atoms with Crippen LogP contribution < -0.4 is 16.0 Å². The van der Waals surface area contributed by atoms with E-state index in [-0.39, 0.29) is 23.4 Å². The quantitative estimate of drug-likeness (QED) is 0.429. The van der Waals surface area contributed by atoms with Crippen LogP contribution in [0, 0.1) is 11.9 Å². The first-order valence-corrected chi connectivity index (χ1v) is 10.6. The number of anilines is 2. The summed E-state index contributed by atoms with van der Waals surface area (Å²) in [7, 11) is 1.43. The minimum atomic E-state index is -4.66. The van der Waals surface area contributed by atoms with E-state index in [9.17, 15) is 17.6 Å². The number of aromatic nitrogens is 1. The lowest BCUT2D eigenvalue weighted by atomic mass is 9.97. The molecule has 1 aromatic carbocycles. The maximum absolute atomic E-state index is 14.5. The maximum atomic E-state index is 14.5. The Morgan fingerprint density at radius 1 is 1.06 bits per heavy atom. The summed E-state index contributed by atoms with van der Waals surface area (Å²) in [4.78, 5) is 3.71. The molecular weight excluding hydrogens is 412 g/mol. The first-order valence-electron chi connectivity index (χ1n) is 10.6. The number of fused-ring (bicyclic) bond motifs is 1. The van der Waals surface area contributed by atoms with Gasteiger partial charge in [0.15, 0.2) is 0 Å². The highest BCUT2D eigenvalue weighted by Gasteiger charge is 2.41. The molecule has 0 radical (unpaired) electrons. The zero-order valence-corrected chi connectivity index (χ0v) is 18.5. The molecule has 4 rings (SSSR count). The van der Waals surface area contributed by atoms with Gasteiger partial charge in [0.2, 0.25) is 5.95 Å².